The number of allylic oxidation sites excluding steroid dienone is 1. The molecule has 4 rings (SSSR count). The molecule has 3 aromatic heterocycles. The maximum absolute atomic E-state index is 12.7. The summed E-state index contributed by atoms with van der Waals surface area (Å²) in [6.45, 7) is 0. The van der Waals surface area contributed by atoms with Crippen molar-refractivity contribution in [1.29, 1.82) is 0 Å². The van der Waals surface area contributed by atoms with Gasteiger partial charge in [-0.1, -0.05) is 19.3 Å². The van der Waals surface area contributed by atoms with E-state index in [0.717, 1.165) is 18.5 Å². The first-order chi connectivity index (χ1) is 13.6. The highest BCUT2D eigenvalue weighted by Gasteiger charge is 2.13. The van der Waals surface area contributed by atoms with Gasteiger partial charge in [-0.05, 0) is 18.9 Å². The Labute approximate surface area is 162 Å². The zero-order valence-corrected chi connectivity index (χ0v) is 15.8. The number of fused-ring (bicyclic) bond motifs is 1. The number of hydrogen-bond donors (Lipinski definition) is 3. The molecule has 0 spiro atoms. The Bertz CT molecular complexity index is 1080. The van der Waals surface area contributed by atoms with Crippen molar-refractivity contribution in [3.8, 4) is 5.69 Å². The van der Waals surface area contributed by atoms with Gasteiger partial charge in [0.2, 0.25) is 5.95 Å². The summed E-state index contributed by atoms with van der Waals surface area (Å²) in [5.41, 5.74) is 7.91. The van der Waals surface area contributed by atoms with E-state index >= 15 is 0 Å². The van der Waals surface area contributed by atoms with Gasteiger partial charge in [-0.25, -0.2) is 4.98 Å². The van der Waals surface area contributed by atoms with Gasteiger partial charge < -0.3 is 15.6 Å². The number of nitrogens with two attached hydrogens (primary N) is 1. The van der Waals surface area contributed by atoms with Crippen molar-refractivity contribution in [1.82, 2.24) is 24.3 Å². The van der Waals surface area contributed by atoms with E-state index in [1.54, 1.807) is 33.9 Å². The Morgan fingerprint density at radius 1 is 1.39 bits per heavy atom. The number of nitrogens with one attached hydrogen (secondary N) is 2. The largest absolute Gasteiger partial charge is 0.403 e. The lowest BCUT2D eigenvalue weighted by Crippen LogP contribution is -2.16. The summed E-state index contributed by atoms with van der Waals surface area (Å²) < 4.78 is 3.45. The summed E-state index contributed by atoms with van der Waals surface area (Å²) in [4.78, 5) is 24.6. The summed E-state index contributed by atoms with van der Waals surface area (Å²) in [5.74, 6) is 0.327. The van der Waals surface area contributed by atoms with Gasteiger partial charge >= 0.3 is 0 Å². The molecule has 0 radical (unpaired) electrons. The van der Waals surface area contributed by atoms with E-state index in [2.05, 4.69) is 25.4 Å². The fraction of sp³-hybridized carbons (Fsp3) is 0.368. The summed E-state index contributed by atoms with van der Waals surface area (Å²) in [5, 5.41) is 7.20. The van der Waals surface area contributed by atoms with Gasteiger partial charge in [-0.3, -0.25) is 19.5 Å². The standard InChI is InChI=1S/C19H24N8O/c1-26-12-15(11-22-26)27-8-7-16-17(27)18(28)25-19(24-16)23-14(9-20)10-21-13-5-3-2-4-6-13/h7-13H,2-6,20H2,1H3,(H2,23,24,25,28). The fourth-order valence-corrected chi connectivity index (χ4v) is 3.53. The third-order valence-corrected chi connectivity index (χ3v) is 4.96. The number of anilines is 1. The van der Waals surface area contributed by atoms with Crippen LogP contribution in [0.4, 0.5) is 5.95 Å². The normalized spacial score (nSPS) is 16.2. The minimum atomic E-state index is -0.248. The lowest BCUT2D eigenvalue weighted by molar-refractivity contribution is 0.444. The van der Waals surface area contributed by atoms with Crippen molar-refractivity contribution in [3.63, 3.8) is 0 Å². The van der Waals surface area contributed by atoms with Crippen LogP contribution in [0.3, 0.4) is 0 Å². The minimum Gasteiger partial charge on any atom is -0.403 e. The third-order valence-electron chi connectivity index (χ3n) is 4.96. The molecule has 1 aliphatic carbocycles. The van der Waals surface area contributed by atoms with Crippen LogP contribution in [0.1, 0.15) is 32.1 Å². The van der Waals surface area contributed by atoms with Gasteiger partial charge in [0.15, 0.2) is 0 Å². The van der Waals surface area contributed by atoms with E-state index in [9.17, 15) is 4.79 Å². The van der Waals surface area contributed by atoms with Crippen LogP contribution >= 0.6 is 0 Å². The molecule has 9 heteroatoms. The molecule has 28 heavy (non-hydrogen) atoms. The average Bonchev–Trinajstić information content (AvgIpc) is 3.32. The Kier molecular flexibility index (Phi) is 4.96. The SMILES string of the molecule is Cn1cc(-n2ccc3nc(NC(C=NC4CCCCC4)=CN)[nH]c(=O)c32)cn1. The molecule has 1 aliphatic rings. The summed E-state index contributed by atoms with van der Waals surface area (Å²) in [7, 11) is 1.83. The van der Waals surface area contributed by atoms with Crippen LogP contribution < -0.4 is 16.6 Å². The molecule has 0 atom stereocenters. The van der Waals surface area contributed by atoms with E-state index in [4.69, 9.17) is 5.73 Å². The second kappa shape index (κ2) is 7.71. The van der Waals surface area contributed by atoms with Gasteiger partial charge in [0.05, 0.1) is 29.1 Å². The van der Waals surface area contributed by atoms with Crippen LogP contribution in [0.25, 0.3) is 16.7 Å². The predicted molar refractivity (Wildman–Crippen MR) is 110 cm³/mol. The van der Waals surface area contributed by atoms with Crippen LogP contribution in [-0.2, 0) is 7.05 Å². The minimum absolute atomic E-state index is 0.248. The first-order valence-corrected chi connectivity index (χ1v) is 9.46. The Morgan fingerprint density at radius 3 is 2.93 bits per heavy atom. The number of nitrogens with zero attached hydrogens (tertiary/aromatic N) is 5. The second-order valence-electron chi connectivity index (χ2n) is 7.02. The van der Waals surface area contributed by atoms with Crippen molar-refractivity contribution in [3.05, 3.63) is 46.9 Å². The number of hydrogen-bond acceptors (Lipinski definition) is 6. The summed E-state index contributed by atoms with van der Waals surface area (Å²) in [6.07, 6.45) is 14.4. The molecule has 0 aromatic carbocycles. The maximum Gasteiger partial charge on any atom is 0.277 e. The Morgan fingerprint density at radius 2 is 2.21 bits per heavy atom. The average molecular weight is 380 g/mol. The van der Waals surface area contributed by atoms with Gasteiger partial charge in [0.25, 0.3) is 5.56 Å². The molecule has 1 fully saturated rings. The molecule has 9 nitrogen and oxygen atoms in total. The molecule has 0 unspecified atom stereocenters. The molecule has 3 aromatic rings. The van der Waals surface area contributed by atoms with E-state index in [1.807, 2.05) is 13.2 Å². The quantitative estimate of drug-likeness (QED) is 0.586. The van der Waals surface area contributed by atoms with E-state index < -0.39 is 0 Å². The Balaban J connectivity index is 1.57. The molecular formula is C19H24N8O. The predicted octanol–water partition coefficient (Wildman–Crippen LogP) is 2.06. The van der Waals surface area contributed by atoms with Gasteiger partial charge in [0, 0.05) is 31.9 Å². The molecule has 0 aliphatic heterocycles. The summed E-state index contributed by atoms with van der Waals surface area (Å²) >= 11 is 0. The molecule has 146 valence electrons. The lowest BCUT2D eigenvalue weighted by Gasteiger charge is -2.17. The second-order valence-corrected chi connectivity index (χ2v) is 7.02. The van der Waals surface area contributed by atoms with Crippen molar-refractivity contribution in [2.75, 3.05) is 5.32 Å². The molecule has 0 saturated heterocycles. The monoisotopic (exact) mass is 380 g/mol. The topological polar surface area (TPSA) is 119 Å². The highest BCUT2D eigenvalue weighted by atomic mass is 16.1. The number of rotatable bonds is 5. The number of H-pyrrole nitrogens is 1. The highest BCUT2D eigenvalue weighted by Crippen LogP contribution is 2.20. The van der Waals surface area contributed by atoms with Gasteiger partial charge in [-0.2, -0.15) is 5.10 Å². The van der Waals surface area contributed by atoms with Crippen LogP contribution in [0.15, 0.2) is 46.3 Å². The number of aromatic nitrogens is 5. The smallest absolute Gasteiger partial charge is 0.277 e. The molecular weight excluding hydrogens is 356 g/mol. The van der Waals surface area contributed by atoms with Crippen LogP contribution in [-0.4, -0.2) is 36.6 Å². The third kappa shape index (κ3) is 3.68. The van der Waals surface area contributed by atoms with Crippen molar-refractivity contribution >= 4 is 23.2 Å². The van der Waals surface area contributed by atoms with Crippen LogP contribution in [0, 0.1) is 0 Å². The molecule has 4 N–H and O–H groups in total. The summed E-state index contributed by atoms with van der Waals surface area (Å²) in [6, 6.07) is 2.14. The zero-order valence-electron chi connectivity index (χ0n) is 15.8. The molecule has 1 saturated carbocycles. The van der Waals surface area contributed by atoms with Crippen LogP contribution in [0.2, 0.25) is 0 Å². The van der Waals surface area contributed by atoms with E-state index in [1.165, 1.54) is 25.5 Å². The van der Waals surface area contributed by atoms with E-state index in [0.29, 0.717) is 28.7 Å². The van der Waals surface area contributed by atoms with Crippen LogP contribution in [0.5, 0.6) is 0 Å². The van der Waals surface area contributed by atoms with E-state index in [-0.39, 0.29) is 5.56 Å². The molecule has 0 bridgehead atoms. The zero-order chi connectivity index (χ0) is 19.5. The van der Waals surface area contributed by atoms with Crippen molar-refractivity contribution in [2.45, 2.75) is 38.1 Å². The van der Waals surface area contributed by atoms with Gasteiger partial charge in [-0.15, -0.1) is 0 Å². The Hall–Kier alpha value is -3.36. The number of aryl methyl sites for hydroxylation is 1. The number of aromatic amines is 1. The molecule has 0 amide bonds. The van der Waals surface area contributed by atoms with Crippen molar-refractivity contribution in [2.24, 2.45) is 17.8 Å². The van der Waals surface area contributed by atoms with Gasteiger partial charge in [0.1, 0.15) is 5.52 Å². The first kappa shape index (κ1) is 18.0. The lowest BCUT2D eigenvalue weighted by atomic mass is 9.96. The van der Waals surface area contributed by atoms with Crippen molar-refractivity contribution < 1.29 is 0 Å². The molecule has 3 heterocycles. The first-order valence-electron chi connectivity index (χ1n) is 9.46. The number of aliphatic imine (C=N–C) groups is 1. The highest BCUT2D eigenvalue weighted by molar-refractivity contribution is 5.83. The fourth-order valence-electron chi connectivity index (χ4n) is 3.53. The maximum atomic E-state index is 12.7.